The van der Waals surface area contributed by atoms with Gasteiger partial charge in [-0.05, 0) is 60.2 Å². The van der Waals surface area contributed by atoms with Crippen molar-refractivity contribution in [2.45, 2.75) is 6.92 Å². The number of hydrogen-bond acceptors (Lipinski definition) is 4. The van der Waals surface area contributed by atoms with Gasteiger partial charge in [-0.2, -0.15) is 0 Å². The largest absolute Gasteiger partial charge is 0.288 e. The van der Waals surface area contributed by atoms with E-state index in [2.05, 4.69) is 109 Å². The molecule has 0 radical (unpaired) electrons. The van der Waals surface area contributed by atoms with Gasteiger partial charge in [0.1, 0.15) is 23.2 Å². The van der Waals surface area contributed by atoms with Crippen LogP contribution in [0.4, 0.5) is 0 Å². The monoisotopic (exact) mass is 538 g/mol. The van der Waals surface area contributed by atoms with E-state index in [0.29, 0.717) is 17.7 Å². The molecule has 0 heterocycles. The molecule has 0 aliphatic rings. The van der Waals surface area contributed by atoms with Crippen LogP contribution in [0.3, 0.4) is 0 Å². The van der Waals surface area contributed by atoms with E-state index >= 15 is 0 Å². The van der Waals surface area contributed by atoms with Gasteiger partial charge in [0.15, 0.2) is 0 Å². The first-order valence-electron chi connectivity index (χ1n) is 12.8. The number of amides is 2. The maximum absolute atomic E-state index is 12.8. The van der Waals surface area contributed by atoms with E-state index in [0.717, 1.165) is 6.16 Å². The van der Waals surface area contributed by atoms with Crippen molar-refractivity contribution >= 4 is 41.1 Å². The van der Waals surface area contributed by atoms with Crippen LogP contribution < -0.4 is 32.2 Å². The number of carbonyl (C=O) groups excluding carboxylic acids is 2. The van der Waals surface area contributed by atoms with E-state index in [1.54, 1.807) is 29.7 Å². The smallest absolute Gasteiger partial charge is 0.267 e. The minimum absolute atomic E-state index is 0.241. The van der Waals surface area contributed by atoms with Crippen LogP contribution in [0, 0.1) is 5.92 Å². The van der Waals surface area contributed by atoms with Crippen LogP contribution >= 0.6 is 7.26 Å². The number of hydrogen-bond donors (Lipinski definition) is 4. The molecule has 0 bridgehead atoms. The molecule has 0 aliphatic carbocycles. The third kappa shape index (κ3) is 7.06. The number of benzene rings is 4. The van der Waals surface area contributed by atoms with Gasteiger partial charge in [0.25, 0.3) is 11.8 Å². The van der Waals surface area contributed by atoms with E-state index in [-0.39, 0.29) is 11.8 Å². The lowest BCUT2D eigenvalue weighted by molar-refractivity contribution is -0.124. The highest BCUT2D eigenvalue weighted by atomic mass is 31.2. The SMILES string of the molecule is CC(CNNC(=O)c1cccc(/C=C/C(=O)NO)c1)C[P+](c1ccccc1)(c1ccccc1)c1ccccc1. The molecule has 0 aromatic heterocycles. The minimum atomic E-state index is -1.97. The molecule has 0 spiro atoms. The van der Waals surface area contributed by atoms with Gasteiger partial charge in [-0.1, -0.05) is 73.7 Å². The maximum Gasteiger partial charge on any atom is 0.267 e. The van der Waals surface area contributed by atoms with Gasteiger partial charge in [0, 0.05) is 24.1 Å². The summed E-state index contributed by atoms with van der Waals surface area (Å²) in [5.74, 6) is -0.661. The summed E-state index contributed by atoms with van der Waals surface area (Å²) in [5.41, 5.74) is 8.63. The first-order valence-corrected chi connectivity index (χ1v) is 14.8. The van der Waals surface area contributed by atoms with Crippen molar-refractivity contribution < 1.29 is 14.8 Å². The van der Waals surface area contributed by atoms with Crippen molar-refractivity contribution in [2.75, 3.05) is 12.7 Å². The molecule has 0 fully saturated rings. The third-order valence-corrected chi connectivity index (χ3v) is 11.2. The third-order valence-electron chi connectivity index (χ3n) is 6.52. The molecule has 2 amide bonds. The zero-order valence-electron chi connectivity index (χ0n) is 21.8. The lowest BCUT2D eigenvalue weighted by Gasteiger charge is -2.30. The number of hydroxylamine groups is 1. The predicted molar refractivity (Wildman–Crippen MR) is 160 cm³/mol. The second-order valence-electron chi connectivity index (χ2n) is 9.37. The van der Waals surface area contributed by atoms with Crippen LogP contribution in [0.25, 0.3) is 6.08 Å². The van der Waals surface area contributed by atoms with Crippen molar-refractivity contribution in [1.29, 1.82) is 0 Å². The summed E-state index contributed by atoms with van der Waals surface area (Å²) < 4.78 is 0. The molecule has 39 heavy (non-hydrogen) atoms. The fraction of sp³-hybridized carbons (Fsp3) is 0.125. The molecule has 0 saturated carbocycles. The van der Waals surface area contributed by atoms with Crippen molar-refractivity contribution in [3.63, 3.8) is 0 Å². The van der Waals surface area contributed by atoms with Gasteiger partial charge in [0.05, 0.1) is 6.16 Å². The van der Waals surface area contributed by atoms with Crippen molar-refractivity contribution in [3.05, 3.63) is 132 Å². The van der Waals surface area contributed by atoms with Gasteiger partial charge in [-0.3, -0.25) is 20.2 Å². The number of rotatable bonds is 11. The van der Waals surface area contributed by atoms with Crippen LogP contribution in [0.15, 0.2) is 121 Å². The fourth-order valence-corrected chi connectivity index (χ4v) is 9.35. The molecule has 4 N–H and O–H groups in total. The molecule has 4 rings (SSSR count). The summed E-state index contributed by atoms with van der Waals surface area (Å²) in [4.78, 5) is 24.1. The molecule has 1 atom stereocenters. The normalized spacial score (nSPS) is 12.2. The zero-order chi connectivity index (χ0) is 27.5. The Hall–Kier alpha value is -4.09. The standard InChI is InChI=1S/C32H32N3O3P/c1-25(23-33-34-32(37)27-13-11-12-26(22-27)20-21-31(36)35-38)24-39(28-14-5-2-6-15-28,29-16-7-3-8-17-29)30-18-9-4-10-19-30/h2-22,25,33H,23-24H2,1H3,(H2-,34,35,36,37,38)/p+1/b21-20+. The molecule has 4 aromatic carbocycles. The molecule has 7 heteroatoms. The maximum atomic E-state index is 12.8. The summed E-state index contributed by atoms with van der Waals surface area (Å²) in [6.07, 6.45) is 3.65. The molecule has 1 unspecified atom stereocenters. The van der Waals surface area contributed by atoms with E-state index in [9.17, 15) is 9.59 Å². The summed E-state index contributed by atoms with van der Waals surface area (Å²) in [6, 6.07) is 39.2. The summed E-state index contributed by atoms with van der Waals surface area (Å²) >= 11 is 0. The fourth-order valence-electron chi connectivity index (χ4n) is 4.71. The first kappa shape index (κ1) is 27.9. The molecule has 0 saturated heterocycles. The summed E-state index contributed by atoms with van der Waals surface area (Å²) in [6.45, 7) is 2.80. The van der Waals surface area contributed by atoms with E-state index < -0.39 is 13.2 Å². The Morgan fingerprint density at radius 1 is 0.795 bits per heavy atom. The Bertz CT molecular complexity index is 1300. The second-order valence-corrected chi connectivity index (χ2v) is 12.9. The van der Waals surface area contributed by atoms with Gasteiger partial charge in [-0.25, -0.2) is 10.9 Å². The molecule has 6 nitrogen and oxygen atoms in total. The van der Waals surface area contributed by atoms with E-state index in [1.165, 1.54) is 28.1 Å². The Balaban J connectivity index is 1.51. The summed E-state index contributed by atoms with van der Waals surface area (Å²) in [5, 5.41) is 12.6. The number of carbonyl (C=O) groups is 2. The molecular weight excluding hydrogens is 505 g/mol. The summed E-state index contributed by atoms with van der Waals surface area (Å²) in [7, 11) is -1.97. The van der Waals surface area contributed by atoms with E-state index in [4.69, 9.17) is 5.21 Å². The van der Waals surface area contributed by atoms with Crippen LogP contribution in [-0.4, -0.2) is 29.7 Å². The van der Waals surface area contributed by atoms with Crippen molar-refractivity contribution in [2.24, 2.45) is 5.92 Å². The highest BCUT2D eigenvalue weighted by molar-refractivity contribution is 7.95. The number of nitrogens with one attached hydrogen (secondary N) is 3. The van der Waals surface area contributed by atoms with Gasteiger partial charge in [-0.15, -0.1) is 0 Å². The van der Waals surface area contributed by atoms with E-state index in [1.807, 2.05) is 0 Å². The molecular formula is C32H33N3O3P+. The molecule has 4 aromatic rings. The van der Waals surface area contributed by atoms with Crippen molar-refractivity contribution in [3.8, 4) is 0 Å². The zero-order valence-corrected chi connectivity index (χ0v) is 22.7. The van der Waals surface area contributed by atoms with Crippen LogP contribution in [0.5, 0.6) is 0 Å². The highest BCUT2D eigenvalue weighted by Gasteiger charge is 2.46. The van der Waals surface area contributed by atoms with Gasteiger partial charge in [0.2, 0.25) is 0 Å². The Kier molecular flexibility index (Phi) is 9.76. The molecule has 198 valence electrons. The number of hydrazine groups is 1. The van der Waals surface area contributed by atoms with Crippen molar-refractivity contribution in [1.82, 2.24) is 16.3 Å². The lowest BCUT2D eigenvalue weighted by Crippen LogP contribution is -2.42. The minimum Gasteiger partial charge on any atom is -0.288 e. The van der Waals surface area contributed by atoms with Crippen LogP contribution in [-0.2, 0) is 4.79 Å². The first-order chi connectivity index (χ1) is 19.0. The van der Waals surface area contributed by atoms with Gasteiger partial charge < -0.3 is 0 Å². The topological polar surface area (TPSA) is 90.5 Å². The van der Waals surface area contributed by atoms with Crippen LogP contribution in [0.1, 0.15) is 22.8 Å². The second kappa shape index (κ2) is 13.6. The molecule has 0 aliphatic heterocycles. The quantitative estimate of drug-likeness (QED) is 0.100. The van der Waals surface area contributed by atoms with Gasteiger partial charge >= 0.3 is 0 Å². The Morgan fingerprint density at radius 2 is 1.33 bits per heavy atom. The Labute approximate surface area is 230 Å². The average molecular weight is 539 g/mol. The highest BCUT2D eigenvalue weighted by Crippen LogP contribution is 2.56. The average Bonchev–Trinajstić information content (AvgIpc) is 3.00. The lowest BCUT2D eigenvalue weighted by atomic mass is 10.1. The Morgan fingerprint density at radius 3 is 1.85 bits per heavy atom. The predicted octanol–water partition coefficient (Wildman–Crippen LogP) is 4.07. The van der Waals surface area contributed by atoms with Crippen LogP contribution in [0.2, 0.25) is 0 Å².